The topological polar surface area (TPSA) is 0 Å². The Labute approximate surface area is 82.2 Å². The van der Waals surface area contributed by atoms with Crippen molar-refractivity contribution in [2.75, 3.05) is 4.43 Å². The molecule has 0 saturated heterocycles. The van der Waals surface area contributed by atoms with Crippen molar-refractivity contribution in [1.29, 1.82) is 0 Å². The van der Waals surface area contributed by atoms with Crippen molar-refractivity contribution in [3.05, 3.63) is 24.3 Å². The first-order chi connectivity index (χ1) is 5.38. The fraction of sp³-hybridized carbons (Fsp3) is 0.400. The molecule has 0 fully saturated rings. The quantitative estimate of drug-likeness (QED) is 0.567. The molecule has 0 N–H and O–H groups in total. The van der Waals surface area contributed by atoms with Crippen LogP contribution in [0.3, 0.4) is 0 Å². The number of unbranched alkanes of at least 4 members (excludes halogenated alkanes) is 1. The molecule has 0 saturated carbocycles. The van der Waals surface area contributed by atoms with Gasteiger partial charge in [-0.25, -0.2) is 0 Å². The predicted molar refractivity (Wildman–Crippen MR) is 59.2 cm³/mol. The molecule has 0 heterocycles. The van der Waals surface area contributed by atoms with Crippen LogP contribution >= 0.6 is 22.6 Å². The van der Waals surface area contributed by atoms with E-state index in [-0.39, 0.29) is 0 Å². The van der Waals surface area contributed by atoms with Gasteiger partial charge in [0.05, 0.1) is 0 Å². The van der Waals surface area contributed by atoms with E-state index in [0.717, 1.165) is 0 Å². The largest absolute Gasteiger partial charge is 0.0864 e. The summed E-state index contributed by atoms with van der Waals surface area (Å²) >= 11 is 2.39. The van der Waals surface area contributed by atoms with Crippen molar-refractivity contribution in [2.24, 2.45) is 0 Å². The molecule has 0 atom stereocenters. The highest BCUT2D eigenvalue weighted by atomic mass is 127. The highest BCUT2D eigenvalue weighted by Gasteiger charge is 2.06. The van der Waals surface area contributed by atoms with Crippen LogP contribution in [0.2, 0.25) is 0 Å². The van der Waals surface area contributed by atoms with Gasteiger partial charge >= 0.3 is 0 Å². The zero-order valence-corrected chi connectivity index (χ0v) is 8.97. The summed E-state index contributed by atoms with van der Waals surface area (Å²) in [6.07, 6.45) is 2.71. The molecular formula is C10H13I. The van der Waals surface area contributed by atoms with Crippen molar-refractivity contribution in [1.82, 2.24) is 0 Å². The maximum atomic E-state index is 2.39. The van der Waals surface area contributed by atoms with Crippen molar-refractivity contribution < 1.29 is 0 Å². The van der Waals surface area contributed by atoms with Gasteiger partial charge in [0.2, 0.25) is 0 Å². The summed E-state index contributed by atoms with van der Waals surface area (Å²) in [7, 11) is 0. The highest BCUT2D eigenvalue weighted by molar-refractivity contribution is 14.1. The third-order valence-electron chi connectivity index (χ3n) is 1.60. The summed E-state index contributed by atoms with van der Waals surface area (Å²) < 4.78 is 1.31. The molecule has 0 unspecified atom stereocenters. The van der Waals surface area contributed by atoms with E-state index < -0.39 is 0 Å². The molecule has 60 valence electrons. The highest BCUT2D eigenvalue weighted by Crippen LogP contribution is 2.32. The third-order valence-corrected chi connectivity index (χ3v) is 2.36. The molecule has 0 aliphatic heterocycles. The molecule has 1 heteroatoms. The fourth-order valence-electron chi connectivity index (χ4n) is 0.809. The van der Waals surface area contributed by atoms with Crippen LogP contribution in [-0.2, 0) is 0 Å². The number of hydrogen-bond acceptors (Lipinski definition) is 0. The number of rotatable bonds is 2. The van der Waals surface area contributed by atoms with Crippen molar-refractivity contribution in [2.45, 2.75) is 19.8 Å². The Morgan fingerprint density at radius 3 is 2.00 bits per heavy atom. The van der Waals surface area contributed by atoms with E-state index in [1.165, 1.54) is 28.4 Å². The summed E-state index contributed by atoms with van der Waals surface area (Å²) in [6, 6.07) is 8.48. The Morgan fingerprint density at radius 1 is 1.27 bits per heavy atom. The zero-order chi connectivity index (χ0) is 8.10. The van der Waals surface area contributed by atoms with E-state index in [2.05, 4.69) is 53.8 Å². The van der Waals surface area contributed by atoms with E-state index in [4.69, 9.17) is 0 Å². The van der Waals surface area contributed by atoms with Crippen LogP contribution in [0.5, 0.6) is 0 Å². The lowest BCUT2D eigenvalue weighted by atomic mass is 10.4. The van der Waals surface area contributed by atoms with Gasteiger partial charge in [-0.15, -0.1) is 0 Å². The standard InChI is InChI=1S/C6H4.C4H9I/c1-2-5-4-6(5)3-1;1-2-3-4-5/h1-4H;2-4H2,1H3. The van der Waals surface area contributed by atoms with Gasteiger partial charge in [-0.2, -0.15) is 0 Å². The summed E-state index contributed by atoms with van der Waals surface area (Å²) in [5, 5.41) is 0. The number of hydrogen-bond donors (Lipinski definition) is 0. The molecule has 2 rings (SSSR count). The lowest BCUT2D eigenvalue weighted by Gasteiger charge is -1.77. The summed E-state index contributed by atoms with van der Waals surface area (Å²) in [5.74, 6) is 0. The minimum absolute atomic E-state index is 1.31. The maximum absolute atomic E-state index is 2.39. The zero-order valence-electron chi connectivity index (χ0n) is 6.81. The summed E-state index contributed by atoms with van der Waals surface area (Å²) in [4.78, 5) is 0. The number of halogens is 1. The minimum atomic E-state index is 1.31. The second-order valence-electron chi connectivity index (χ2n) is 2.62. The average molecular weight is 260 g/mol. The van der Waals surface area contributed by atoms with Crippen LogP contribution in [0.4, 0.5) is 0 Å². The average Bonchev–Trinajstić information content (AvgIpc) is 2.62. The Morgan fingerprint density at radius 2 is 1.91 bits per heavy atom. The molecule has 11 heavy (non-hydrogen) atoms. The second-order valence-corrected chi connectivity index (χ2v) is 3.70. The molecule has 0 spiro atoms. The Kier molecular flexibility index (Phi) is 3.91. The Balaban J connectivity index is 0.000000114. The third kappa shape index (κ3) is 3.23. The van der Waals surface area contributed by atoms with Crippen LogP contribution < -0.4 is 0 Å². The van der Waals surface area contributed by atoms with Crippen molar-refractivity contribution in [3.8, 4) is 11.1 Å². The second kappa shape index (κ2) is 4.75. The molecular weight excluding hydrogens is 247 g/mol. The smallest absolute Gasteiger partial charge is 0.000483 e. The van der Waals surface area contributed by atoms with Gasteiger partial charge in [0.25, 0.3) is 0 Å². The molecule has 0 aromatic heterocycles. The van der Waals surface area contributed by atoms with E-state index in [1.807, 2.05) is 0 Å². The maximum Gasteiger partial charge on any atom is -0.000483 e. The van der Waals surface area contributed by atoms with Gasteiger partial charge < -0.3 is 0 Å². The SMILES string of the molecule is CCCCI.c1cc2cc-2c1. The van der Waals surface area contributed by atoms with E-state index in [0.29, 0.717) is 0 Å². The van der Waals surface area contributed by atoms with Gasteiger partial charge in [0, 0.05) is 0 Å². The number of fused-ring (bicyclic) bond motifs is 1. The van der Waals surface area contributed by atoms with Crippen LogP contribution in [-0.4, -0.2) is 4.43 Å². The number of alkyl halides is 1. The molecule has 0 aromatic carbocycles. The predicted octanol–water partition coefficient (Wildman–Crippen LogP) is 3.89. The van der Waals surface area contributed by atoms with Gasteiger partial charge in [0.15, 0.2) is 0 Å². The molecule has 2 aliphatic carbocycles. The molecule has 0 nitrogen and oxygen atoms in total. The molecule has 0 amide bonds. The first kappa shape index (κ1) is 9.04. The summed E-state index contributed by atoms with van der Waals surface area (Å²) in [6.45, 7) is 2.21. The normalized spacial score (nSPS) is 10.0. The first-order valence-corrected chi connectivity index (χ1v) is 5.57. The van der Waals surface area contributed by atoms with Gasteiger partial charge in [-0.3, -0.25) is 0 Å². The molecule has 0 bridgehead atoms. The van der Waals surface area contributed by atoms with Crippen LogP contribution in [0.25, 0.3) is 11.1 Å². The summed E-state index contributed by atoms with van der Waals surface area (Å²) in [5.41, 5.74) is 2.85. The fourth-order valence-corrected chi connectivity index (χ4v) is 1.57. The Bertz CT molecular complexity index is 199. The van der Waals surface area contributed by atoms with E-state index in [9.17, 15) is 0 Å². The molecule has 0 radical (unpaired) electrons. The van der Waals surface area contributed by atoms with Crippen LogP contribution in [0, 0.1) is 0 Å². The first-order valence-electron chi connectivity index (χ1n) is 4.05. The monoisotopic (exact) mass is 260 g/mol. The molecule has 0 aromatic rings. The van der Waals surface area contributed by atoms with E-state index in [1.54, 1.807) is 0 Å². The van der Waals surface area contributed by atoms with Gasteiger partial charge in [-0.1, -0.05) is 54.1 Å². The van der Waals surface area contributed by atoms with Crippen molar-refractivity contribution in [3.63, 3.8) is 0 Å². The van der Waals surface area contributed by atoms with Gasteiger partial charge in [0.1, 0.15) is 0 Å². The molecule has 2 aliphatic rings. The van der Waals surface area contributed by atoms with Gasteiger partial charge in [-0.05, 0) is 28.0 Å². The minimum Gasteiger partial charge on any atom is -0.0864 e. The van der Waals surface area contributed by atoms with Crippen molar-refractivity contribution >= 4 is 22.6 Å². The Hall–Kier alpha value is -0.0500. The number of benzene rings is 1. The lowest BCUT2D eigenvalue weighted by molar-refractivity contribution is 0.907. The van der Waals surface area contributed by atoms with Crippen LogP contribution in [0.15, 0.2) is 24.3 Å². The lowest BCUT2D eigenvalue weighted by Crippen LogP contribution is -1.64. The van der Waals surface area contributed by atoms with Crippen LogP contribution in [0.1, 0.15) is 19.8 Å². The van der Waals surface area contributed by atoms with E-state index >= 15 is 0 Å².